The fourth-order valence-corrected chi connectivity index (χ4v) is 1.66. The van der Waals surface area contributed by atoms with Gasteiger partial charge in [-0.2, -0.15) is 0 Å². The molecule has 0 fully saturated rings. The normalized spacial score (nSPS) is 10.2. The van der Waals surface area contributed by atoms with Gasteiger partial charge in [-0.1, -0.05) is 0 Å². The summed E-state index contributed by atoms with van der Waals surface area (Å²) in [6, 6.07) is 0.638. The van der Waals surface area contributed by atoms with Crippen LogP contribution in [0, 0.1) is 17.5 Å². The maximum Gasteiger partial charge on any atom is 0.257 e. The lowest BCUT2D eigenvalue weighted by Crippen LogP contribution is -2.37. The van der Waals surface area contributed by atoms with E-state index in [1.165, 1.54) is 0 Å². The Hall–Kier alpha value is -1.57. The summed E-state index contributed by atoms with van der Waals surface area (Å²) in [6.45, 7) is 1.57. The molecule has 1 aromatic rings. The van der Waals surface area contributed by atoms with Crippen molar-refractivity contribution in [2.45, 2.75) is 6.92 Å². The lowest BCUT2D eigenvalue weighted by molar-refractivity contribution is -0.120. The third kappa shape index (κ3) is 3.69. The van der Waals surface area contributed by atoms with Gasteiger partial charge in [0.05, 0.1) is 11.0 Å². The molecule has 0 aliphatic heterocycles. The van der Waals surface area contributed by atoms with Crippen molar-refractivity contribution in [3.8, 4) is 0 Å². The Kier molecular flexibility index (Phi) is 5.34. The Balaban J connectivity index is 2.89. The molecule has 0 heterocycles. The highest BCUT2D eigenvalue weighted by molar-refractivity contribution is 9.10. The molecular formula is C11H10BrF3N2O2. The van der Waals surface area contributed by atoms with E-state index in [1.54, 1.807) is 6.92 Å². The molecule has 2 amide bonds. The largest absolute Gasteiger partial charge is 0.355 e. The first kappa shape index (κ1) is 15.5. The number of hydrogen-bond acceptors (Lipinski definition) is 2. The fraction of sp³-hybridized carbons (Fsp3) is 0.273. The minimum Gasteiger partial charge on any atom is -0.355 e. The van der Waals surface area contributed by atoms with Crippen molar-refractivity contribution in [2.24, 2.45) is 0 Å². The fourth-order valence-electron chi connectivity index (χ4n) is 1.28. The number of nitrogens with one attached hydrogen (secondary N) is 2. The maximum absolute atomic E-state index is 13.4. The standard InChI is InChI=1S/C11H10BrF3N2O2/c1-2-16-7(18)4-17-11(19)8-6(13)3-5(12)9(14)10(8)15/h3H,2,4H2,1H3,(H,16,18)(H,17,19). The monoisotopic (exact) mass is 338 g/mol. The topological polar surface area (TPSA) is 58.2 Å². The molecule has 0 aliphatic carbocycles. The molecule has 0 aromatic heterocycles. The first-order valence-corrected chi connectivity index (χ1v) is 6.05. The van der Waals surface area contributed by atoms with E-state index >= 15 is 0 Å². The van der Waals surface area contributed by atoms with Crippen molar-refractivity contribution in [3.63, 3.8) is 0 Å². The van der Waals surface area contributed by atoms with Gasteiger partial charge >= 0.3 is 0 Å². The summed E-state index contributed by atoms with van der Waals surface area (Å²) in [5, 5.41) is 4.38. The molecule has 0 spiro atoms. The van der Waals surface area contributed by atoms with Crippen LogP contribution in [0.3, 0.4) is 0 Å². The Bertz CT molecular complexity index is 523. The quantitative estimate of drug-likeness (QED) is 0.649. The van der Waals surface area contributed by atoms with E-state index in [-0.39, 0.29) is 0 Å². The smallest absolute Gasteiger partial charge is 0.257 e. The van der Waals surface area contributed by atoms with Crippen molar-refractivity contribution >= 4 is 27.7 Å². The molecule has 19 heavy (non-hydrogen) atoms. The zero-order valence-electron chi connectivity index (χ0n) is 9.82. The molecule has 4 nitrogen and oxygen atoms in total. The molecule has 0 atom stereocenters. The Labute approximate surface area is 115 Å². The second-order valence-corrected chi connectivity index (χ2v) is 4.33. The summed E-state index contributed by atoms with van der Waals surface area (Å²) >= 11 is 2.61. The number of rotatable bonds is 4. The summed E-state index contributed by atoms with van der Waals surface area (Å²) in [7, 11) is 0. The Morgan fingerprint density at radius 2 is 1.84 bits per heavy atom. The lowest BCUT2D eigenvalue weighted by Gasteiger charge is -2.08. The van der Waals surface area contributed by atoms with Crippen LogP contribution >= 0.6 is 15.9 Å². The molecule has 1 aromatic carbocycles. The highest BCUT2D eigenvalue weighted by atomic mass is 79.9. The minimum atomic E-state index is -1.61. The van der Waals surface area contributed by atoms with E-state index in [0.717, 1.165) is 0 Å². The van der Waals surface area contributed by atoms with E-state index in [1.807, 2.05) is 5.32 Å². The van der Waals surface area contributed by atoms with Crippen molar-refractivity contribution in [1.29, 1.82) is 0 Å². The summed E-state index contributed by atoms with van der Waals surface area (Å²) < 4.78 is 39.6. The Morgan fingerprint density at radius 1 is 1.21 bits per heavy atom. The molecular weight excluding hydrogens is 329 g/mol. The van der Waals surface area contributed by atoms with E-state index in [9.17, 15) is 22.8 Å². The maximum atomic E-state index is 13.4. The van der Waals surface area contributed by atoms with E-state index < -0.39 is 45.8 Å². The van der Waals surface area contributed by atoms with Gasteiger partial charge in [0.25, 0.3) is 5.91 Å². The number of hydrogen-bond donors (Lipinski definition) is 2. The van der Waals surface area contributed by atoms with E-state index in [0.29, 0.717) is 12.6 Å². The number of carbonyl (C=O) groups excluding carboxylic acids is 2. The predicted molar refractivity (Wildman–Crippen MR) is 65.0 cm³/mol. The van der Waals surface area contributed by atoms with Crippen LogP contribution in [0.15, 0.2) is 10.5 Å². The molecule has 0 radical (unpaired) electrons. The molecule has 0 saturated carbocycles. The Morgan fingerprint density at radius 3 is 2.42 bits per heavy atom. The van der Waals surface area contributed by atoms with Gasteiger partial charge in [0.2, 0.25) is 5.91 Å². The second kappa shape index (κ2) is 6.55. The van der Waals surface area contributed by atoms with Crippen LogP contribution in [0.5, 0.6) is 0 Å². The van der Waals surface area contributed by atoms with Gasteiger partial charge in [0.15, 0.2) is 11.6 Å². The van der Waals surface area contributed by atoms with E-state index in [4.69, 9.17) is 0 Å². The number of amides is 2. The molecule has 104 valence electrons. The van der Waals surface area contributed by atoms with Crippen LogP contribution in [0.4, 0.5) is 13.2 Å². The summed E-state index contributed by atoms with van der Waals surface area (Å²) in [5.74, 6) is -5.93. The van der Waals surface area contributed by atoms with Gasteiger partial charge in [-0.05, 0) is 28.9 Å². The van der Waals surface area contributed by atoms with Gasteiger partial charge in [-0.3, -0.25) is 9.59 Å². The average molecular weight is 339 g/mol. The number of benzene rings is 1. The second-order valence-electron chi connectivity index (χ2n) is 3.48. The van der Waals surface area contributed by atoms with Crippen LogP contribution in [-0.2, 0) is 4.79 Å². The lowest BCUT2D eigenvalue weighted by atomic mass is 10.1. The highest BCUT2D eigenvalue weighted by Gasteiger charge is 2.23. The first-order chi connectivity index (χ1) is 8.88. The van der Waals surface area contributed by atoms with Crippen LogP contribution in [0.2, 0.25) is 0 Å². The van der Waals surface area contributed by atoms with Gasteiger partial charge in [0, 0.05) is 6.54 Å². The zero-order valence-corrected chi connectivity index (χ0v) is 11.4. The van der Waals surface area contributed by atoms with Gasteiger partial charge in [0.1, 0.15) is 11.4 Å². The van der Waals surface area contributed by atoms with Crippen molar-refractivity contribution in [3.05, 3.63) is 33.6 Å². The van der Waals surface area contributed by atoms with Crippen molar-refractivity contribution in [2.75, 3.05) is 13.1 Å². The molecule has 0 bridgehead atoms. The molecule has 2 N–H and O–H groups in total. The van der Waals surface area contributed by atoms with Crippen molar-refractivity contribution < 1.29 is 22.8 Å². The van der Waals surface area contributed by atoms with Crippen molar-refractivity contribution in [1.82, 2.24) is 10.6 Å². The van der Waals surface area contributed by atoms with Crippen LogP contribution in [-0.4, -0.2) is 24.9 Å². The SMILES string of the molecule is CCNC(=O)CNC(=O)c1c(F)cc(Br)c(F)c1F. The number of carbonyl (C=O) groups is 2. The molecule has 0 unspecified atom stereocenters. The van der Waals surface area contributed by atoms with E-state index in [2.05, 4.69) is 21.2 Å². The zero-order chi connectivity index (χ0) is 14.6. The first-order valence-electron chi connectivity index (χ1n) is 5.26. The summed E-state index contributed by atoms with van der Waals surface area (Å²) in [5.41, 5.74) is -1.06. The third-order valence-electron chi connectivity index (χ3n) is 2.12. The van der Waals surface area contributed by atoms with Gasteiger partial charge < -0.3 is 10.6 Å². The number of halogens is 4. The predicted octanol–water partition coefficient (Wildman–Crippen LogP) is 1.73. The molecule has 8 heteroatoms. The summed E-state index contributed by atoms with van der Waals surface area (Å²) in [6.07, 6.45) is 0. The van der Waals surface area contributed by atoms with Crippen LogP contribution in [0.1, 0.15) is 17.3 Å². The van der Waals surface area contributed by atoms with Gasteiger partial charge in [-0.25, -0.2) is 13.2 Å². The summed E-state index contributed by atoms with van der Waals surface area (Å²) in [4.78, 5) is 22.6. The molecule has 1 rings (SSSR count). The molecule has 0 saturated heterocycles. The van der Waals surface area contributed by atoms with Crippen LogP contribution in [0.25, 0.3) is 0 Å². The van der Waals surface area contributed by atoms with Gasteiger partial charge in [-0.15, -0.1) is 0 Å². The molecule has 0 aliphatic rings. The average Bonchev–Trinajstić information content (AvgIpc) is 2.34. The van der Waals surface area contributed by atoms with Crippen LogP contribution < -0.4 is 10.6 Å². The minimum absolute atomic E-state index is 0.352. The third-order valence-corrected chi connectivity index (χ3v) is 2.70. The highest BCUT2D eigenvalue weighted by Crippen LogP contribution is 2.23. The number of likely N-dealkylation sites (N-methyl/N-ethyl adjacent to an activating group) is 1.